The van der Waals surface area contributed by atoms with Gasteiger partial charge in [-0.1, -0.05) is 45.4 Å². The molecule has 0 bridgehead atoms. The summed E-state index contributed by atoms with van der Waals surface area (Å²) in [5.74, 6) is -5.22. The highest BCUT2D eigenvalue weighted by molar-refractivity contribution is 4.95. The van der Waals surface area contributed by atoms with Crippen molar-refractivity contribution in [1.82, 2.24) is 0 Å². The van der Waals surface area contributed by atoms with Crippen LogP contribution in [0.25, 0.3) is 0 Å². The molecule has 0 N–H and O–H groups in total. The van der Waals surface area contributed by atoms with E-state index in [1.165, 1.54) is 6.42 Å². The van der Waals surface area contributed by atoms with E-state index in [0.29, 0.717) is 25.7 Å². The van der Waals surface area contributed by atoms with Crippen molar-refractivity contribution in [2.45, 2.75) is 102 Å². The number of rotatable bonds is 12. The first kappa shape index (κ1) is 21.3. The summed E-state index contributed by atoms with van der Waals surface area (Å²) < 4.78 is 56.3. The minimum atomic E-state index is -3.00. The normalized spacial score (nSPS) is 23.3. The molecule has 0 aromatic heterocycles. The van der Waals surface area contributed by atoms with Gasteiger partial charge in [0.2, 0.25) is 5.92 Å². The molecule has 0 heterocycles. The number of hydrogen-bond acceptors (Lipinski definition) is 0. The molecule has 1 fully saturated rings. The van der Waals surface area contributed by atoms with Gasteiger partial charge in [0.1, 0.15) is 0 Å². The Labute approximate surface area is 144 Å². The second kappa shape index (κ2) is 10.3. The highest BCUT2D eigenvalue weighted by atomic mass is 19.3. The molecular formula is C20H32F4. The molecule has 0 radical (unpaired) electrons. The van der Waals surface area contributed by atoms with Crippen molar-refractivity contribution >= 4 is 0 Å². The van der Waals surface area contributed by atoms with Crippen LogP contribution in [0.15, 0.2) is 0 Å². The van der Waals surface area contributed by atoms with Gasteiger partial charge in [-0.2, -0.15) is 0 Å². The molecule has 0 spiro atoms. The molecular weight excluding hydrogens is 316 g/mol. The molecule has 0 unspecified atom stereocenters. The third-order valence-electron chi connectivity index (χ3n) is 5.20. The molecule has 4 heteroatoms. The molecule has 1 aliphatic carbocycles. The van der Waals surface area contributed by atoms with Crippen LogP contribution >= 0.6 is 0 Å². The van der Waals surface area contributed by atoms with Crippen molar-refractivity contribution in [3.05, 3.63) is 0 Å². The van der Waals surface area contributed by atoms with Crippen LogP contribution < -0.4 is 0 Å². The zero-order valence-corrected chi connectivity index (χ0v) is 14.9. The highest BCUT2D eigenvalue weighted by Crippen LogP contribution is 2.52. The predicted octanol–water partition coefficient (Wildman–Crippen LogP) is 7.23. The molecule has 1 saturated carbocycles. The Kier molecular flexibility index (Phi) is 9.16. The molecule has 24 heavy (non-hydrogen) atoms. The summed E-state index contributed by atoms with van der Waals surface area (Å²) in [5.41, 5.74) is 0. The van der Waals surface area contributed by atoms with Gasteiger partial charge in [-0.25, -0.2) is 17.6 Å². The van der Waals surface area contributed by atoms with E-state index in [2.05, 4.69) is 12.8 Å². The summed E-state index contributed by atoms with van der Waals surface area (Å²) >= 11 is 0. The van der Waals surface area contributed by atoms with E-state index < -0.39 is 30.1 Å². The van der Waals surface area contributed by atoms with Crippen LogP contribution in [-0.2, 0) is 0 Å². The lowest BCUT2D eigenvalue weighted by Crippen LogP contribution is -2.31. The van der Waals surface area contributed by atoms with Gasteiger partial charge in [-0.15, -0.1) is 12.3 Å². The molecule has 0 aromatic rings. The molecule has 140 valence electrons. The van der Waals surface area contributed by atoms with E-state index in [0.717, 1.165) is 32.1 Å². The lowest BCUT2D eigenvalue weighted by atomic mass is 9.84. The maximum Gasteiger partial charge on any atom is 0.251 e. The van der Waals surface area contributed by atoms with Gasteiger partial charge in [0.05, 0.1) is 0 Å². The lowest BCUT2D eigenvalue weighted by molar-refractivity contribution is -0.0905. The van der Waals surface area contributed by atoms with E-state index in [4.69, 9.17) is 6.42 Å². The van der Waals surface area contributed by atoms with Crippen molar-refractivity contribution in [1.29, 1.82) is 0 Å². The molecule has 0 amide bonds. The van der Waals surface area contributed by atoms with Gasteiger partial charge >= 0.3 is 0 Å². The standard InChI is InChI=1S/C20H32F4/c1-3-5-7-9-10-11-13-17-15-19(21,22)16-18(17)20(23,24)14-12-8-6-4-2/h2,17-18H,3,5-16H2,1H3/t17-,18-/m0/s1. The van der Waals surface area contributed by atoms with Crippen LogP contribution in [0, 0.1) is 24.2 Å². The number of alkyl halides is 4. The molecule has 2 atom stereocenters. The number of unbranched alkanes of at least 4 members (excludes halogenated alkanes) is 7. The van der Waals surface area contributed by atoms with Gasteiger partial charge < -0.3 is 0 Å². The van der Waals surface area contributed by atoms with E-state index in [-0.39, 0.29) is 12.8 Å². The fraction of sp³-hybridized carbons (Fsp3) is 0.900. The fourth-order valence-electron chi connectivity index (χ4n) is 3.86. The first-order valence-electron chi connectivity index (χ1n) is 9.51. The Morgan fingerprint density at radius 2 is 1.67 bits per heavy atom. The Bertz CT molecular complexity index is 384. The Morgan fingerprint density at radius 1 is 1.00 bits per heavy atom. The van der Waals surface area contributed by atoms with Crippen molar-refractivity contribution in [3.63, 3.8) is 0 Å². The SMILES string of the molecule is C#CCCCCC(F)(F)[C@H]1CC(F)(F)C[C@@H]1CCCCCCCC. The minimum absolute atomic E-state index is 0.309. The van der Waals surface area contributed by atoms with Gasteiger partial charge in [0.15, 0.2) is 0 Å². The van der Waals surface area contributed by atoms with Crippen molar-refractivity contribution in [2.75, 3.05) is 0 Å². The van der Waals surface area contributed by atoms with E-state index in [1.54, 1.807) is 0 Å². The van der Waals surface area contributed by atoms with Crippen LogP contribution in [0.5, 0.6) is 0 Å². The van der Waals surface area contributed by atoms with E-state index >= 15 is 0 Å². The van der Waals surface area contributed by atoms with Crippen molar-refractivity contribution in [3.8, 4) is 12.3 Å². The maximum absolute atomic E-state index is 14.4. The number of hydrogen-bond donors (Lipinski definition) is 0. The number of halogens is 4. The zero-order valence-electron chi connectivity index (χ0n) is 14.9. The summed E-state index contributed by atoms with van der Waals surface area (Å²) in [6, 6.07) is 0. The van der Waals surface area contributed by atoms with Crippen LogP contribution in [0.1, 0.15) is 90.4 Å². The number of terminal acetylenes is 1. The lowest BCUT2D eigenvalue weighted by Gasteiger charge is -2.28. The van der Waals surface area contributed by atoms with E-state index in [1.807, 2.05) is 0 Å². The second-order valence-electron chi connectivity index (χ2n) is 7.36. The Morgan fingerprint density at radius 3 is 2.33 bits per heavy atom. The molecule has 1 aliphatic rings. The molecule has 1 rings (SSSR count). The Balaban J connectivity index is 2.47. The van der Waals surface area contributed by atoms with Gasteiger partial charge in [-0.3, -0.25) is 0 Å². The van der Waals surface area contributed by atoms with Crippen LogP contribution in [0.2, 0.25) is 0 Å². The zero-order chi connectivity index (χ0) is 18.1. The predicted molar refractivity (Wildman–Crippen MR) is 91.4 cm³/mol. The first-order valence-corrected chi connectivity index (χ1v) is 9.51. The highest BCUT2D eigenvalue weighted by Gasteiger charge is 2.55. The second-order valence-corrected chi connectivity index (χ2v) is 7.36. The third kappa shape index (κ3) is 7.45. The van der Waals surface area contributed by atoms with Gasteiger partial charge in [0.25, 0.3) is 5.92 Å². The smallest absolute Gasteiger partial charge is 0.207 e. The largest absolute Gasteiger partial charge is 0.251 e. The summed E-state index contributed by atoms with van der Waals surface area (Å²) in [6.45, 7) is 2.14. The van der Waals surface area contributed by atoms with Gasteiger partial charge in [-0.05, 0) is 25.2 Å². The minimum Gasteiger partial charge on any atom is -0.207 e. The summed E-state index contributed by atoms with van der Waals surface area (Å²) in [4.78, 5) is 0. The van der Waals surface area contributed by atoms with Crippen LogP contribution in [-0.4, -0.2) is 11.8 Å². The molecule has 0 nitrogen and oxygen atoms in total. The average Bonchev–Trinajstić information content (AvgIpc) is 2.83. The average molecular weight is 348 g/mol. The third-order valence-corrected chi connectivity index (χ3v) is 5.20. The maximum atomic E-state index is 14.4. The first-order chi connectivity index (χ1) is 11.3. The van der Waals surface area contributed by atoms with Gasteiger partial charge in [0, 0.05) is 31.6 Å². The molecule has 0 aromatic carbocycles. The van der Waals surface area contributed by atoms with E-state index in [9.17, 15) is 17.6 Å². The summed E-state index contributed by atoms with van der Waals surface area (Å²) in [6.07, 6.45) is 11.9. The summed E-state index contributed by atoms with van der Waals surface area (Å²) in [5, 5.41) is 0. The van der Waals surface area contributed by atoms with Crippen molar-refractivity contribution in [2.24, 2.45) is 11.8 Å². The fourth-order valence-corrected chi connectivity index (χ4v) is 3.86. The summed E-state index contributed by atoms with van der Waals surface area (Å²) in [7, 11) is 0. The van der Waals surface area contributed by atoms with Crippen LogP contribution in [0.4, 0.5) is 17.6 Å². The quantitative estimate of drug-likeness (QED) is 0.198. The van der Waals surface area contributed by atoms with Crippen LogP contribution in [0.3, 0.4) is 0 Å². The molecule has 0 saturated heterocycles. The van der Waals surface area contributed by atoms with Crippen molar-refractivity contribution < 1.29 is 17.6 Å². The topological polar surface area (TPSA) is 0 Å². The Hall–Kier alpha value is -0.720. The molecule has 0 aliphatic heterocycles. The monoisotopic (exact) mass is 348 g/mol.